The van der Waals surface area contributed by atoms with Gasteiger partial charge in [-0.05, 0) is 23.8 Å². The van der Waals surface area contributed by atoms with Gasteiger partial charge < -0.3 is 15.8 Å². The zero-order valence-corrected chi connectivity index (χ0v) is 13.6. The van der Waals surface area contributed by atoms with Crippen LogP contribution in [0.15, 0.2) is 17.5 Å². The highest BCUT2D eigenvalue weighted by molar-refractivity contribution is 7.10. The molecule has 0 aromatic carbocycles. The summed E-state index contributed by atoms with van der Waals surface area (Å²) in [5.74, 6) is -0.287. The topological polar surface area (TPSA) is 81.4 Å². The van der Waals surface area contributed by atoms with Gasteiger partial charge in [-0.15, -0.1) is 11.3 Å². The van der Waals surface area contributed by atoms with E-state index in [1.54, 1.807) is 0 Å². The third-order valence-corrected chi connectivity index (χ3v) is 4.20. The molecule has 118 valence electrons. The Hall–Kier alpha value is -1.40. The van der Waals surface area contributed by atoms with Crippen LogP contribution in [0.5, 0.6) is 0 Å². The lowest BCUT2D eigenvalue weighted by molar-refractivity contribution is -0.141. The molecule has 0 aliphatic carbocycles. The van der Waals surface area contributed by atoms with Crippen LogP contribution >= 0.6 is 11.3 Å². The van der Waals surface area contributed by atoms with Gasteiger partial charge in [0, 0.05) is 11.4 Å². The molecule has 6 heteroatoms. The number of methoxy groups -OCH3 is 1. The molecule has 0 radical (unpaired) electrons. The molecule has 1 aromatic heterocycles. The van der Waals surface area contributed by atoms with Crippen molar-refractivity contribution in [1.29, 1.82) is 0 Å². The zero-order chi connectivity index (χ0) is 15.8. The lowest BCUT2D eigenvalue weighted by Gasteiger charge is -2.21. The second-order valence-corrected chi connectivity index (χ2v) is 6.40. The van der Waals surface area contributed by atoms with E-state index in [4.69, 9.17) is 10.5 Å². The number of hydrogen-bond donors (Lipinski definition) is 2. The first-order valence-corrected chi connectivity index (χ1v) is 7.96. The summed E-state index contributed by atoms with van der Waals surface area (Å²) in [6, 6.07) is 3.44. The summed E-state index contributed by atoms with van der Waals surface area (Å²) in [5, 5.41) is 4.85. The molecule has 3 N–H and O–H groups in total. The van der Waals surface area contributed by atoms with Gasteiger partial charge in [0.1, 0.15) is 0 Å². The Labute approximate surface area is 129 Å². The number of esters is 1. The molecule has 5 nitrogen and oxygen atoms in total. The van der Waals surface area contributed by atoms with E-state index in [1.165, 1.54) is 18.4 Å². The maximum Gasteiger partial charge on any atom is 0.307 e. The van der Waals surface area contributed by atoms with Crippen LogP contribution < -0.4 is 11.1 Å². The van der Waals surface area contributed by atoms with E-state index in [0.29, 0.717) is 12.5 Å². The summed E-state index contributed by atoms with van der Waals surface area (Å²) in [4.78, 5) is 24.8. The predicted molar refractivity (Wildman–Crippen MR) is 83.8 cm³/mol. The monoisotopic (exact) mass is 312 g/mol. The zero-order valence-electron chi connectivity index (χ0n) is 12.8. The Morgan fingerprint density at radius 3 is 2.62 bits per heavy atom. The quantitative estimate of drug-likeness (QED) is 0.720. The molecule has 1 heterocycles. The molecule has 1 rings (SSSR count). The van der Waals surface area contributed by atoms with Crippen molar-refractivity contribution >= 4 is 23.2 Å². The Kier molecular flexibility index (Phi) is 7.39. The standard InChI is InChI=1S/C15H24N2O3S/c1-10(2)7-11(9-16)15(19)17-12(8-14(18)20-3)13-5-4-6-21-13/h4-6,10-12H,7-9,16H2,1-3H3,(H,17,19). The molecule has 2 unspecified atom stereocenters. The normalized spacial score (nSPS) is 13.8. The molecule has 1 amide bonds. The summed E-state index contributed by atoms with van der Waals surface area (Å²) in [6.07, 6.45) is 0.861. The molecule has 2 atom stereocenters. The minimum absolute atomic E-state index is 0.103. The van der Waals surface area contributed by atoms with Crippen molar-refractivity contribution in [1.82, 2.24) is 5.32 Å². The Morgan fingerprint density at radius 1 is 1.43 bits per heavy atom. The first kappa shape index (κ1) is 17.7. The highest BCUT2D eigenvalue weighted by Crippen LogP contribution is 2.23. The van der Waals surface area contributed by atoms with E-state index < -0.39 is 0 Å². The van der Waals surface area contributed by atoms with E-state index >= 15 is 0 Å². The average molecular weight is 312 g/mol. The lowest BCUT2D eigenvalue weighted by Crippen LogP contribution is -2.38. The Morgan fingerprint density at radius 2 is 2.14 bits per heavy atom. The van der Waals surface area contributed by atoms with Gasteiger partial charge in [0.2, 0.25) is 5.91 Å². The van der Waals surface area contributed by atoms with E-state index in [-0.39, 0.29) is 30.3 Å². The fourth-order valence-electron chi connectivity index (χ4n) is 2.13. The van der Waals surface area contributed by atoms with E-state index in [1.807, 2.05) is 17.5 Å². The van der Waals surface area contributed by atoms with Crippen molar-refractivity contribution in [3.63, 3.8) is 0 Å². The number of carbonyl (C=O) groups is 2. The average Bonchev–Trinajstić information content (AvgIpc) is 2.97. The van der Waals surface area contributed by atoms with Gasteiger partial charge >= 0.3 is 5.97 Å². The molecule has 1 aromatic rings. The van der Waals surface area contributed by atoms with Crippen molar-refractivity contribution in [2.45, 2.75) is 32.7 Å². The third-order valence-electron chi connectivity index (χ3n) is 3.21. The highest BCUT2D eigenvalue weighted by atomic mass is 32.1. The van der Waals surface area contributed by atoms with Crippen LogP contribution in [0.2, 0.25) is 0 Å². The SMILES string of the molecule is COC(=O)CC(NC(=O)C(CN)CC(C)C)c1cccs1. The van der Waals surface area contributed by atoms with Crippen LogP contribution in [0, 0.1) is 11.8 Å². The van der Waals surface area contributed by atoms with Gasteiger partial charge in [-0.3, -0.25) is 9.59 Å². The van der Waals surface area contributed by atoms with E-state index in [9.17, 15) is 9.59 Å². The van der Waals surface area contributed by atoms with Gasteiger partial charge in [0.15, 0.2) is 0 Å². The number of thiophene rings is 1. The summed E-state index contributed by atoms with van der Waals surface area (Å²) in [7, 11) is 1.34. The van der Waals surface area contributed by atoms with Gasteiger partial charge in [-0.1, -0.05) is 19.9 Å². The van der Waals surface area contributed by atoms with Gasteiger partial charge in [-0.25, -0.2) is 0 Å². The molecule has 0 saturated carbocycles. The van der Waals surface area contributed by atoms with Gasteiger partial charge in [-0.2, -0.15) is 0 Å². The molecule has 21 heavy (non-hydrogen) atoms. The van der Waals surface area contributed by atoms with Crippen molar-refractivity contribution in [3.8, 4) is 0 Å². The molecular formula is C15H24N2O3S. The molecule has 0 bridgehead atoms. The van der Waals surface area contributed by atoms with Crippen LogP contribution in [0.4, 0.5) is 0 Å². The number of ether oxygens (including phenoxy) is 1. The van der Waals surface area contributed by atoms with Crippen LogP contribution in [0.1, 0.15) is 37.6 Å². The first-order valence-electron chi connectivity index (χ1n) is 7.08. The molecular weight excluding hydrogens is 288 g/mol. The minimum atomic E-state index is -0.355. The highest BCUT2D eigenvalue weighted by Gasteiger charge is 2.24. The maximum absolute atomic E-state index is 12.3. The van der Waals surface area contributed by atoms with E-state index in [0.717, 1.165) is 11.3 Å². The van der Waals surface area contributed by atoms with Crippen LogP contribution in [0.25, 0.3) is 0 Å². The number of hydrogen-bond acceptors (Lipinski definition) is 5. The van der Waals surface area contributed by atoms with Crippen LogP contribution in [-0.2, 0) is 14.3 Å². The summed E-state index contributed by atoms with van der Waals surface area (Å²) < 4.78 is 4.70. The molecule has 0 aliphatic rings. The first-order chi connectivity index (χ1) is 9.97. The van der Waals surface area contributed by atoms with Gasteiger partial charge in [0.05, 0.1) is 25.5 Å². The van der Waals surface area contributed by atoms with Crippen LogP contribution in [0.3, 0.4) is 0 Å². The summed E-state index contributed by atoms with van der Waals surface area (Å²) in [6.45, 7) is 4.42. The third kappa shape index (κ3) is 5.85. The Bertz CT molecular complexity index is 446. The van der Waals surface area contributed by atoms with Crippen molar-refractivity contribution < 1.29 is 14.3 Å². The lowest BCUT2D eigenvalue weighted by atomic mass is 9.96. The minimum Gasteiger partial charge on any atom is -0.469 e. The van der Waals surface area contributed by atoms with Crippen molar-refractivity contribution in [2.24, 2.45) is 17.6 Å². The number of rotatable bonds is 8. The fraction of sp³-hybridized carbons (Fsp3) is 0.600. The summed E-state index contributed by atoms with van der Waals surface area (Å²) >= 11 is 1.50. The summed E-state index contributed by atoms with van der Waals surface area (Å²) in [5.41, 5.74) is 5.69. The number of carbonyl (C=O) groups excluding carboxylic acids is 2. The maximum atomic E-state index is 12.3. The number of nitrogens with two attached hydrogens (primary N) is 1. The van der Waals surface area contributed by atoms with E-state index in [2.05, 4.69) is 19.2 Å². The van der Waals surface area contributed by atoms with Crippen molar-refractivity contribution in [3.05, 3.63) is 22.4 Å². The molecule has 0 aliphatic heterocycles. The number of amides is 1. The fourth-order valence-corrected chi connectivity index (χ4v) is 2.91. The predicted octanol–water partition coefficient (Wildman–Crippen LogP) is 2.09. The van der Waals surface area contributed by atoms with Crippen molar-refractivity contribution in [2.75, 3.05) is 13.7 Å². The molecule has 0 spiro atoms. The van der Waals surface area contributed by atoms with Crippen LogP contribution in [-0.4, -0.2) is 25.5 Å². The molecule has 0 saturated heterocycles. The smallest absolute Gasteiger partial charge is 0.307 e. The second kappa shape index (κ2) is 8.79. The Balaban J connectivity index is 2.75. The largest absolute Gasteiger partial charge is 0.469 e. The molecule has 0 fully saturated rings. The number of nitrogens with one attached hydrogen (secondary N) is 1. The second-order valence-electron chi connectivity index (χ2n) is 5.42. The van der Waals surface area contributed by atoms with Gasteiger partial charge in [0.25, 0.3) is 0 Å².